The predicted molar refractivity (Wildman–Crippen MR) is 80.0 cm³/mol. The SMILES string of the molecule is CNC(=O)C(C)(C)CNC(=O)C1(CN)CCC(C)CC1. The highest BCUT2D eigenvalue weighted by atomic mass is 16.2. The molecule has 0 spiro atoms. The zero-order valence-electron chi connectivity index (χ0n) is 13.2. The molecule has 0 saturated heterocycles. The Morgan fingerprint density at radius 3 is 2.30 bits per heavy atom. The first-order valence-electron chi connectivity index (χ1n) is 7.48. The molecule has 0 aromatic heterocycles. The summed E-state index contributed by atoms with van der Waals surface area (Å²) in [7, 11) is 1.61. The van der Waals surface area contributed by atoms with E-state index in [1.54, 1.807) is 7.05 Å². The van der Waals surface area contributed by atoms with E-state index in [1.165, 1.54) is 0 Å². The second-order valence-electron chi connectivity index (χ2n) is 6.81. The number of hydrogen-bond donors (Lipinski definition) is 3. The van der Waals surface area contributed by atoms with Crippen molar-refractivity contribution in [1.29, 1.82) is 0 Å². The zero-order chi connectivity index (χ0) is 15.4. The molecule has 4 N–H and O–H groups in total. The second kappa shape index (κ2) is 6.57. The van der Waals surface area contributed by atoms with Gasteiger partial charge in [0.15, 0.2) is 0 Å². The Kier molecular flexibility index (Phi) is 5.57. The lowest BCUT2D eigenvalue weighted by molar-refractivity contribution is -0.134. The van der Waals surface area contributed by atoms with E-state index >= 15 is 0 Å². The maximum absolute atomic E-state index is 12.5. The summed E-state index contributed by atoms with van der Waals surface area (Å²) in [4.78, 5) is 24.2. The molecule has 0 radical (unpaired) electrons. The van der Waals surface area contributed by atoms with Gasteiger partial charge in [0.25, 0.3) is 0 Å². The van der Waals surface area contributed by atoms with Gasteiger partial charge in [-0.05, 0) is 45.4 Å². The second-order valence-corrected chi connectivity index (χ2v) is 6.81. The third-order valence-corrected chi connectivity index (χ3v) is 4.64. The van der Waals surface area contributed by atoms with Crippen LogP contribution >= 0.6 is 0 Å². The van der Waals surface area contributed by atoms with E-state index in [9.17, 15) is 9.59 Å². The molecule has 0 unspecified atom stereocenters. The Hall–Kier alpha value is -1.10. The minimum atomic E-state index is -0.609. The molecule has 0 heterocycles. The fraction of sp³-hybridized carbons (Fsp3) is 0.867. The van der Waals surface area contributed by atoms with Crippen molar-refractivity contribution < 1.29 is 9.59 Å². The summed E-state index contributed by atoms with van der Waals surface area (Å²) < 4.78 is 0. The van der Waals surface area contributed by atoms with Gasteiger partial charge < -0.3 is 16.4 Å². The van der Waals surface area contributed by atoms with E-state index in [0.29, 0.717) is 19.0 Å². The van der Waals surface area contributed by atoms with Crippen LogP contribution in [-0.4, -0.2) is 32.0 Å². The van der Waals surface area contributed by atoms with Crippen molar-refractivity contribution >= 4 is 11.8 Å². The molecule has 1 aliphatic carbocycles. The van der Waals surface area contributed by atoms with Crippen LogP contribution in [0, 0.1) is 16.7 Å². The lowest BCUT2D eigenvalue weighted by atomic mass is 9.70. The van der Waals surface area contributed by atoms with Gasteiger partial charge in [0.05, 0.1) is 10.8 Å². The number of carbonyl (C=O) groups is 2. The van der Waals surface area contributed by atoms with Crippen LogP contribution in [0.4, 0.5) is 0 Å². The van der Waals surface area contributed by atoms with E-state index in [1.807, 2.05) is 13.8 Å². The zero-order valence-corrected chi connectivity index (χ0v) is 13.2. The quantitative estimate of drug-likeness (QED) is 0.704. The fourth-order valence-electron chi connectivity index (χ4n) is 2.75. The Labute approximate surface area is 122 Å². The van der Waals surface area contributed by atoms with Crippen molar-refractivity contribution in [2.24, 2.45) is 22.5 Å². The molecule has 2 amide bonds. The lowest BCUT2D eigenvalue weighted by Crippen LogP contribution is -2.51. The van der Waals surface area contributed by atoms with Gasteiger partial charge in [0.2, 0.25) is 11.8 Å². The van der Waals surface area contributed by atoms with Gasteiger partial charge in [0.1, 0.15) is 0 Å². The van der Waals surface area contributed by atoms with Crippen LogP contribution in [0.3, 0.4) is 0 Å². The molecule has 1 saturated carbocycles. The summed E-state index contributed by atoms with van der Waals surface area (Å²) in [6.07, 6.45) is 3.78. The number of hydrogen-bond acceptors (Lipinski definition) is 3. The van der Waals surface area contributed by atoms with Crippen LogP contribution in [0.15, 0.2) is 0 Å². The Morgan fingerprint density at radius 2 is 1.85 bits per heavy atom. The van der Waals surface area contributed by atoms with Crippen molar-refractivity contribution in [3.8, 4) is 0 Å². The van der Waals surface area contributed by atoms with E-state index in [4.69, 9.17) is 5.73 Å². The molecular weight excluding hydrogens is 254 g/mol. The van der Waals surface area contributed by atoms with E-state index in [0.717, 1.165) is 25.7 Å². The van der Waals surface area contributed by atoms with E-state index < -0.39 is 10.8 Å². The molecule has 0 aromatic carbocycles. The third-order valence-electron chi connectivity index (χ3n) is 4.64. The minimum absolute atomic E-state index is 0.00359. The number of rotatable bonds is 5. The van der Waals surface area contributed by atoms with Gasteiger partial charge in [-0.2, -0.15) is 0 Å². The topological polar surface area (TPSA) is 84.2 Å². The monoisotopic (exact) mass is 283 g/mol. The minimum Gasteiger partial charge on any atom is -0.359 e. The van der Waals surface area contributed by atoms with Crippen LogP contribution in [-0.2, 0) is 9.59 Å². The summed E-state index contributed by atoms with van der Waals surface area (Å²) in [6, 6.07) is 0. The molecule has 20 heavy (non-hydrogen) atoms. The molecule has 0 atom stereocenters. The van der Waals surface area contributed by atoms with Gasteiger partial charge in [-0.25, -0.2) is 0 Å². The Balaban J connectivity index is 2.63. The highest BCUT2D eigenvalue weighted by molar-refractivity contribution is 5.85. The van der Waals surface area contributed by atoms with Crippen molar-refractivity contribution in [2.75, 3.05) is 20.1 Å². The summed E-state index contributed by atoms with van der Waals surface area (Å²) >= 11 is 0. The number of amides is 2. The van der Waals surface area contributed by atoms with Crippen LogP contribution < -0.4 is 16.4 Å². The standard InChI is InChI=1S/C15H29N3O2/c1-11-5-7-15(9-16,8-6-11)13(20)18-10-14(2,3)12(19)17-4/h11H,5-10,16H2,1-4H3,(H,17,19)(H,18,20). The first-order valence-corrected chi connectivity index (χ1v) is 7.48. The van der Waals surface area contributed by atoms with Crippen molar-refractivity contribution in [2.45, 2.75) is 46.5 Å². The van der Waals surface area contributed by atoms with Crippen molar-refractivity contribution in [3.63, 3.8) is 0 Å². The Bertz CT molecular complexity index is 358. The summed E-state index contributed by atoms with van der Waals surface area (Å²) in [5.74, 6) is 0.602. The number of nitrogens with two attached hydrogens (primary N) is 1. The summed E-state index contributed by atoms with van der Waals surface area (Å²) in [5.41, 5.74) is 4.82. The molecule has 5 heteroatoms. The predicted octanol–water partition coefficient (Wildman–Crippen LogP) is 1.03. The molecule has 1 aliphatic rings. The van der Waals surface area contributed by atoms with Crippen molar-refractivity contribution in [1.82, 2.24) is 10.6 Å². The molecule has 0 aromatic rings. The number of carbonyl (C=O) groups excluding carboxylic acids is 2. The highest BCUT2D eigenvalue weighted by Gasteiger charge is 2.40. The van der Waals surface area contributed by atoms with Crippen LogP contribution in [0.1, 0.15) is 46.5 Å². The van der Waals surface area contributed by atoms with E-state index in [-0.39, 0.29) is 11.8 Å². The number of nitrogens with one attached hydrogen (secondary N) is 2. The summed E-state index contributed by atoms with van der Waals surface area (Å²) in [5, 5.41) is 5.56. The van der Waals surface area contributed by atoms with Gasteiger partial charge in [-0.1, -0.05) is 6.92 Å². The lowest BCUT2D eigenvalue weighted by Gasteiger charge is -2.38. The molecular formula is C15H29N3O2. The van der Waals surface area contributed by atoms with Crippen LogP contribution in [0.5, 0.6) is 0 Å². The van der Waals surface area contributed by atoms with Gasteiger partial charge in [0, 0.05) is 20.1 Å². The molecule has 116 valence electrons. The normalized spacial score (nSPS) is 26.9. The average Bonchev–Trinajstić information content (AvgIpc) is 2.45. The average molecular weight is 283 g/mol. The van der Waals surface area contributed by atoms with Crippen LogP contribution in [0.2, 0.25) is 0 Å². The third kappa shape index (κ3) is 3.72. The maximum Gasteiger partial charge on any atom is 0.227 e. The highest BCUT2D eigenvalue weighted by Crippen LogP contribution is 2.38. The smallest absolute Gasteiger partial charge is 0.227 e. The first kappa shape index (κ1) is 17.0. The molecule has 1 rings (SSSR count). The van der Waals surface area contributed by atoms with Crippen LogP contribution in [0.25, 0.3) is 0 Å². The molecule has 1 fully saturated rings. The fourth-order valence-corrected chi connectivity index (χ4v) is 2.75. The van der Waals surface area contributed by atoms with Gasteiger partial charge >= 0.3 is 0 Å². The van der Waals surface area contributed by atoms with Gasteiger partial charge in [-0.3, -0.25) is 9.59 Å². The molecule has 0 bridgehead atoms. The van der Waals surface area contributed by atoms with Gasteiger partial charge in [-0.15, -0.1) is 0 Å². The van der Waals surface area contributed by atoms with E-state index in [2.05, 4.69) is 17.6 Å². The Morgan fingerprint density at radius 1 is 1.30 bits per heavy atom. The largest absolute Gasteiger partial charge is 0.359 e. The van der Waals surface area contributed by atoms with Crippen molar-refractivity contribution in [3.05, 3.63) is 0 Å². The molecule has 5 nitrogen and oxygen atoms in total. The first-order chi connectivity index (χ1) is 9.27. The maximum atomic E-state index is 12.5. The molecule has 0 aliphatic heterocycles. The summed E-state index contributed by atoms with van der Waals surface area (Å²) in [6.45, 7) is 6.58.